The molecule has 0 bridgehead atoms. The zero-order chi connectivity index (χ0) is 9.68. The largest absolute Gasteiger partial charge is 0.467 e. The standard InChI is InChI=1S/C8H14N4O/c1-4-6-10-7(9-5-2)12-8(11-6)13-3/h4-5H2,1-3H3,(H,9,10,11,12). The zero-order valence-electron chi connectivity index (χ0n) is 8.16. The second-order valence-electron chi connectivity index (χ2n) is 2.45. The van der Waals surface area contributed by atoms with Crippen LogP contribution in [0.2, 0.25) is 0 Å². The third kappa shape index (κ3) is 2.54. The average molecular weight is 182 g/mol. The number of aromatic nitrogens is 3. The molecule has 1 aromatic heterocycles. The third-order valence-corrected chi connectivity index (χ3v) is 1.49. The Labute approximate surface area is 77.6 Å². The first-order valence-corrected chi connectivity index (χ1v) is 4.33. The van der Waals surface area contributed by atoms with E-state index in [1.807, 2.05) is 13.8 Å². The fraction of sp³-hybridized carbons (Fsp3) is 0.625. The quantitative estimate of drug-likeness (QED) is 0.748. The molecule has 1 N–H and O–H groups in total. The van der Waals surface area contributed by atoms with E-state index in [0.717, 1.165) is 18.8 Å². The molecule has 5 heteroatoms. The smallest absolute Gasteiger partial charge is 0.321 e. The zero-order valence-corrected chi connectivity index (χ0v) is 8.16. The number of ether oxygens (including phenoxy) is 1. The van der Waals surface area contributed by atoms with Crippen LogP contribution in [0.4, 0.5) is 5.95 Å². The van der Waals surface area contributed by atoms with Crippen molar-refractivity contribution in [3.05, 3.63) is 5.82 Å². The Morgan fingerprint density at radius 1 is 1.23 bits per heavy atom. The van der Waals surface area contributed by atoms with E-state index in [1.165, 1.54) is 0 Å². The molecule has 0 amide bonds. The summed E-state index contributed by atoms with van der Waals surface area (Å²) in [4.78, 5) is 12.3. The van der Waals surface area contributed by atoms with Gasteiger partial charge in [0.15, 0.2) is 0 Å². The van der Waals surface area contributed by atoms with Crippen LogP contribution in [0.25, 0.3) is 0 Å². The van der Waals surface area contributed by atoms with E-state index in [-0.39, 0.29) is 0 Å². The first-order valence-electron chi connectivity index (χ1n) is 4.33. The Bertz CT molecular complexity index is 255. The lowest BCUT2D eigenvalue weighted by Gasteiger charge is -2.04. The van der Waals surface area contributed by atoms with Gasteiger partial charge >= 0.3 is 6.01 Å². The van der Waals surface area contributed by atoms with E-state index >= 15 is 0 Å². The van der Waals surface area contributed by atoms with Gasteiger partial charge in [-0.3, -0.25) is 0 Å². The Morgan fingerprint density at radius 2 is 2.00 bits per heavy atom. The maximum Gasteiger partial charge on any atom is 0.321 e. The molecule has 0 unspecified atom stereocenters. The fourth-order valence-corrected chi connectivity index (χ4v) is 0.885. The maximum atomic E-state index is 4.94. The van der Waals surface area contributed by atoms with Crippen LogP contribution in [0.15, 0.2) is 0 Å². The minimum Gasteiger partial charge on any atom is -0.467 e. The van der Waals surface area contributed by atoms with Gasteiger partial charge in [-0.1, -0.05) is 6.92 Å². The van der Waals surface area contributed by atoms with Crippen LogP contribution < -0.4 is 10.1 Å². The summed E-state index contributed by atoms with van der Waals surface area (Å²) in [7, 11) is 1.55. The summed E-state index contributed by atoms with van der Waals surface area (Å²) >= 11 is 0. The number of aryl methyl sites for hydroxylation is 1. The number of nitrogens with zero attached hydrogens (tertiary/aromatic N) is 3. The van der Waals surface area contributed by atoms with Crippen molar-refractivity contribution in [1.82, 2.24) is 15.0 Å². The number of rotatable bonds is 4. The predicted octanol–water partition coefficient (Wildman–Crippen LogP) is 0.874. The highest BCUT2D eigenvalue weighted by atomic mass is 16.5. The van der Waals surface area contributed by atoms with Crippen molar-refractivity contribution < 1.29 is 4.74 Å². The van der Waals surface area contributed by atoms with Gasteiger partial charge in [-0.2, -0.15) is 15.0 Å². The molecule has 0 aliphatic heterocycles. The number of nitrogens with one attached hydrogen (secondary N) is 1. The highest BCUT2D eigenvalue weighted by Crippen LogP contribution is 2.06. The molecule has 0 aliphatic carbocycles. The van der Waals surface area contributed by atoms with Gasteiger partial charge in [0.1, 0.15) is 5.82 Å². The van der Waals surface area contributed by atoms with E-state index in [4.69, 9.17) is 4.74 Å². The van der Waals surface area contributed by atoms with Gasteiger partial charge in [-0.15, -0.1) is 0 Å². The SMILES string of the molecule is CCNc1nc(CC)nc(OC)n1. The summed E-state index contributed by atoms with van der Waals surface area (Å²) in [5.41, 5.74) is 0. The third-order valence-electron chi connectivity index (χ3n) is 1.49. The van der Waals surface area contributed by atoms with Crippen molar-refractivity contribution in [1.29, 1.82) is 0 Å². The second kappa shape index (κ2) is 4.59. The predicted molar refractivity (Wildman–Crippen MR) is 49.9 cm³/mol. The highest BCUT2D eigenvalue weighted by Gasteiger charge is 2.03. The molecule has 0 atom stereocenters. The highest BCUT2D eigenvalue weighted by molar-refractivity contribution is 5.25. The Hall–Kier alpha value is -1.39. The lowest BCUT2D eigenvalue weighted by atomic mass is 10.4. The number of hydrogen-bond donors (Lipinski definition) is 1. The Balaban J connectivity index is 2.93. The van der Waals surface area contributed by atoms with E-state index in [1.54, 1.807) is 7.11 Å². The van der Waals surface area contributed by atoms with Gasteiger partial charge < -0.3 is 10.1 Å². The lowest BCUT2D eigenvalue weighted by Crippen LogP contribution is -2.07. The molecule has 0 saturated heterocycles. The molecule has 0 aliphatic rings. The molecule has 0 radical (unpaired) electrons. The molecule has 13 heavy (non-hydrogen) atoms. The van der Waals surface area contributed by atoms with Crippen LogP contribution in [-0.4, -0.2) is 28.6 Å². The van der Waals surface area contributed by atoms with Crippen LogP contribution >= 0.6 is 0 Å². The molecule has 0 saturated carbocycles. The number of anilines is 1. The van der Waals surface area contributed by atoms with Crippen molar-refractivity contribution in [2.24, 2.45) is 0 Å². The maximum absolute atomic E-state index is 4.94. The summed E-state index contributed by atoms with van der Waals surface area (Å²) in [6.07, 6.45) is 0.775. The van der Waals surface area contributed by atoms with Gasteiger partial charge in [0, 0.05) is 13.0 Å². The Kier molecular flexibility index (Phi) is 3.42. The summed E-state index contributed by atoms with van der Waals surface area (Å²) in [5, 5.41) is 3.01. The summed E-state index contributed by atoms with van der Waals surface area (Å²) < 4.78 is 4.94. The molecule has 1 aromatic rings. The summed E-state index contributed by atoms with van der Waals surface area (Å²) in [6.45, 7) is 4.77. The molecule has 1 rings (SSSR count). The molecule has 0 spiro atoms. The van der Waals surface area contributed by atoms with E-state index in [9.17, 15) is 0 Å². The van der Waals surface area contributed by atoms with E-state index in [0.29, 0.717) is 12.0 Å². The van der Waals surface area contributed by atoms with Crippen molar-refractivity contribution in [2.75, 3.05) is 19.0 Å². The monoisotopic (exact) mass is 182 g/mol. The molecule has 5 nitrogen and oxygen atoms in total. The van der Waals surface area contributed by atoms with Gasteiger partial charge in [0.2, 0.25) is 5.95 Å². The lowest BCUT2D eigenvalue weighted by molar-refractivity contribution is 0.376. The molecule has 0 fully saturated rings. The van der Waals surface area contributed by atoms with Crippen molar-refractivity contribution in [2.45, 2.75) is 20.3 Å². The first-order chi connectivity index (χ1) is 6.30. The molecule has 72 valence electrons. The van der Waals surface area contributed by atoms with Crippen LogP contribution in [0, 0.1) is 0 Å². The fourth-order valence-electron chi connectivity index (χ4n) is 0.885. The van der Waals surface area contributed by atoms with Gasteiger partial charge in [0.25, 0.3) is 0 Å². The molecular formula is C8H14N4O. The van der Waals surface area contributed by atoms with Gasteiger partial charge in [-0.25, -0.2) is 0 Å². The van der Waals surface area contributed by atoms with E-state index in [2.05, 4.69) is 20.3 Å². The minimum absolute atomic E-state index is 0.364. The minimum atomic E-state index is 0.364. The summed E-state index contributed by atoms with van der Waals surface area (Å²) in [5.74, 6) is 1.31. The second-order valence-corrected chi connectivity index (χ2v) is 2.45. The normalized spacial score (nSPS) is 9.77. The Morgan fingerprint density at radius 3 is 2.54 bits per heavy atom. The molecule has 0 aromatic carbocycles. The van der Waals surface area contributed by atoms with Crippen molar-refractivity contribution in [3.8, 4) is 6.01 Å². The molecular weight excluding hydrogens is 168 g/mol. The number of hydrogen-bond acceptors (Lipinski definition) is 5. The van der Waals surface area contributed by atoms with Gasteiger partial charge in [-0.05, 0) is 6.92 Å². The first kappa shape index (κ1) is 9.70. The topological polar surface area (TPSA) is 59.9 Å². The van der Waals surface area contributed by atoms with Crippen LogP contribution in [0.5, 0.6) is 6.01 Å². The van der Waals surface area contributed by atoms with Crippen molar-refractivity contribution >= 4 is 5.95 Å². The van der Waals surface area contributed by atoms with Gasteiger partial charge in [0.05, 0.1) is 7.11 Å². The number of methoxy groups -OCH3 is 1. The van der Waals surface area contributed by atoms with Crippen molar-refractivity contribution in [3.63, 3.8) is 0 Å². The summed E-state index contributed by atoms with van der Waals surface area (Å²) in [6, 6.07) is 0.364. The van der Waals surface area contributed by atoms with Crippen LogP contribution in [0.1, 0.15) is 19.7 Å². The van der Waals surface area contributed by atoms with E-state index < -0.39 is 0 Å². The average Bonchev–Trinajstić information content (AvgIpc) is 2.17. The van der Waals surface area contributed by atoms with Crippen LogP contribution in [0.3, 0.4) is 0 Å². The van der Waals surface area contributed by atoms with Crippen LogP contribution in [-0.2, 0) is 6.42 Å². The molecule has 1 heterocycles.